The van der Waals surface area contributed by atoms with Crippen LogP contribution in [0.1, 0.15) is 10.5 Å². The standard InChI is InChI=1S/C22H15N7O/c30-12-17-7-13-1-2-14(9-19(13)25-17)22-27-20(10-21-23-5-6-29(21)22)26-16-3-4-18-15(8-16)11-24-28-18/h1-12,25-26H,(H,24,28). The van der Waals surface area contributed by atoms with Crippen LogP contribution >= 0.6 is 0 Å². The van der Waals surface area contributed by atoms with E-state index in [-0.39, 0.29) is 0 Å². The van der Waals surface area contributed by atoms with E-state index in [0.29, 0.717) is 11.5 Å². The first-order valence-electron chi connectivity index (χ1n) is 9.39. The molecule has 30 heavy (non-hydrogen) atoms. The maximum Gasteiger partial charge on any atom is 0.166 e. The third kappa shape index (κ3) is 2.62. The monoisotopic (exact) mass is 393 g/mol. The van der Waals surface area contributed by atoms with Crippen LogP contribution < -0.4 is 5.32 Å². The summed E-state index contributed by atoms with van der Waals surface area (Å²) in [6, 6.07) is 15.7. The zero-order valence-electron chi connectivity index (χ0n) is 15.6. The molecule has 0 amide bonds. The largest absolute Gasteiger partial charge is 0.352 e. The molecule has 0 radical (unpaired) electrons. The number of benzene rings is 2. The van der Waals surface area contributed by atoms with E-state index >= 15 is 0 Å². The average molecular weight is 393 g/mol. The summed E-state index contributed by atoms with van der Waals surface area (Å²) in [5, 5.41) is 12.4. The number of hydrogen-bond donors (Lipinski definition) is 3. The minimum atomic E-state index is 0.549. The molecule has 8 nitrogen and oxygen atoms in total. The molecule has 2 aromatic carbocycles. The average Bonchev–Trinajstić information content (AvgIpc) is 3.50. The zero-order chi connectivity index (χ0) is 20.1. The molecule has 4 heterocycles. The Bertz CT molecular complexity index is 1560. The van der Waals surface area contributed by atoms with Crippen LogP contribution in [0.4, 0.5) is 11.5 Å². The van der Waals surface area contributed by atoms with Gasteiger partial charge < -0.3 is 10.3 Å². The Labute approximate surface area is 169 Å². The van der Waals surface area contributed by atoms with Crippen LogP contribution in [0.3, 0.4) is 0 Å². The first-order chi connectivity index (χ1) is 14.8. The molecule has 0 saturated heterocycles. The number of imidazole rings is 1. The number of anilines is 2. The van der Waals surface area contributed by atoms with Crippen molar-refractivity contribution in [1.82, 2.24) is 29.5 Å². The molecule has 0 fully saturated rings. The fourth-order valence-corrected chi connectivity index (χ4v) is 3.71. The molecule has 0 spiro atoms. The number of hydrogen-bond acceptors (Lipinski definition) is 5. The van der Waals surface area contributed by atoms with Crippen LogP contribution in [0, 0.1) is 0 Å². The summed E-state index contributed by atoms with van der Waals surface area (Å²) in [6.45, 7) is 0. The molecule has 4 aromatic heterocycles. The van der Waals surface area contributed by atoms with Crippen molar-refractivity contribution in [2.24, 2.45) is 0 Å². The van der Waals surface area contributed by atoms with Gasteiger partial charge in [0, 0.05) is 46.0 Å². The molecule has 0 atom stereocenters. The molecule has 0 aliphatic heterocycles. The molecule has 3 N–H and O–H groups in total. The lowest BCUT2D eigenvalue weighted by atomic mass is 10.1. The van der Waals surface area contributed by atoms with Crippen LogP contribution in [0.15, 0.2) is 67.1 Å². The van der Waals surface area contributed by atoms with Gasteiger partial charge in [-0.2, -0.15) is 5.10 Å². The minimum absolute atomic E-state index is 0.549. The third-order valence-electron chi connectivity index (χ3n) is 5.13. The maximum absolute atomic E-state index is 11.1. The van der Waals surface area contributed by atoms with Crippen LogP contribution in [-0.2, 0) is 0 Å². The van der Waals surface area contributed by atoms with E-state index < -0.39 is 0 Å². The van der Waals surface area contributed by atoms with Gasteiger partial charge >= 0.3 is 0 Å². The SMILES string of the molecule is O=Cc1cc2ccc(-c3nc(Nc4ccc5[nH]ncc5c4)cc4nccn34)cc2[nH]1. The number of aldehydes is 1. The number of rotatable bonds is 4. The second kappa shape index (κ2) is 6.28. The zero-order valence-corrected chi connectivity index (χ0v) is 15.6. The van der Waals surface area contributed by atoms with Crippen molar-refractivity contribution in [2.45, 2.75) is 0 Å². The highest BCUT2D eigenvalue weighted by Gasteiger charge is 2.11. The van der Waals surface area contributed by atoms with Crippen LogP contribution in [-0.4, -0.2) is 35.8 Å². The predicted molar refractivity (Wildman–Crippen MR) is 115 cm³/mol. The van der Waals surface area contributed by atoms with Crippen molar-refractivity contribution < 1.29 is 4.79 Å². The van der Waals surface area contributed by atoms with Gasteiger partial charge in [0.15, 0.2) is 6.29 Å². The van der Waals surface area contributed by atoms with Gasteiger partial charge in [0.2, 0.25) is 0 Å². The highest BCUT2D eigenvalue weighted by Crippen LogP contribution is 2.27. The Morgan fingerprint density at radius 2 is 1.97 bits per heavy atom. The summed E-state index contributed by atoms with van der Waals surface area (Å²) < 4.78 is 1.94. The number of carbonyl (C=O) groups excluding carboxylic acids is 1. The van der Waals surface area contributed by atoms with Crippen molar-refractivity contribution in [1.29, 1.82) is 0 Å². The number of nitrogens with one attached hydrogen (secondary N) is 3. The van der Waals surface area contributed by atoms with Crippen molar-refractivity contribution >= 4 is 45.2 Å². The van der Waals surface area contributed by atoms with E-state index in [1.165, 1.54) is 0 Å². The lowest BCUT2D eigenvalue weighted by molar-refractivity contribution is 0.112. The molecule has 6 rings (SSSR count). The van der Waals surface area contributed by atoms with Gasteiger partial charge in [-0.3, -0.25) is 14.3 Å². The van der Waals surface area contributed by atoms with Gasteiger partial charge in [0.1, 0.15) is 17.3 Å². The number of H-pyrrole nitrogens is 2. The molecular formula is C22H15N7O. The molecule has 0 unspecified atom stereocenters. The van der Waals surface area contributed by atoms with E-state index in [2.05, 4.69) is 25.5 Å². The summed E-state index contributed by atoms with van der Waals surface area (Å²) in [4.78, 5) is 23.5. The fourth-order valence-electron chi connectivity index (χ4n) is 3.71. The van der Waals surface area contributed by atoms with Crippen molar-refractivity contribution in [2.75, 3.05) is 5.32 Å². The summed E-state index contributed by atoms with van der Waals surface area (Å²) in [6.07, 6.45) is 6.23. The van der Waals surface area contributed by atoms with Crippen LogP contribution in [0.2, 0.25) is 0 Å². The van der Waals surface area contributed by atoms with Crippen molar-refractivity contribution in [3.05, 3.63) is 72.8 Å². The lowest BCUT2D eigenvalue weighted by Crippen LogP contribution is -2.00. The minimum Gasteiger partial charge on any atom is -0.352 e. The molecule has 0 aliphatic rings. The maximum atomic E-state index is 11.1. The fraction of sp³-hybridized carbons (Fsp3) is 0. The molecule has 0 saturated carbocycles. The summed E-state index contributed by atoms with van der Waals surface area (Å²) in [5.41, 5.74) is 5.02. The molecule has 6 aromatic rings. The Morgan fingerprint density at radius 1 is 1.00 bits per heavy atom. The lowest BCUT2D eigenvalue weighted by Gasteiger charge is -2.11. The van der Waals surface area contributed by atoms with Crippen molar-refractivity contribution in [3.8, 4) is 11.4 Å². The highest BCUT2D eigenvalue weighted by atomic mass is 16.1. The molecule has 0 bridgehead atoms. The van der Waals surface area contributed by atoms with Gasteiger partial charge in [0.25, 0.3) is 0 Å². The Morgan fingerprint density at radius 3 is 2.90 bits per heavy atom. The number of carbonyl (C=O) groups is 1. The van der Waals surface area contributed by atoms with E-state index in [9.17, 15) is 4.79 Å². The normalized spacial score (nSPS) is 11.5. The number of aromatic amines is 2. The highest BCUT2D eigenvalue weighted by molar-refractivity contribution is 5.90. The first kappa shape index (κ1) is 16.5. The Kier molecular flexibility index (Phi) is 3.45. The third-order valence-corrected chi connectivity index (χ3v) is 5.13. The Hall–Kier alpha value is -4.46. The molecular weight excluding hydrogens is 378 g/mol. The predicted octanol–water partition coefficient (Wildman–Crippen LogP) is 4.31. The van der Waals surface area contributed by atoms with Gasteiger partial charge in [-0.25, -0.2) is 9.97 Å². The van der Waals surface area contributed by atoms with E-state index in [1.54, 1.807) is 12.4 Å². The number of aromatic nitrogens is 6. The number of fused-ring (bicyclic) bond motifs is 3. The molecule has 144 valence electrons. The summed E-state index contributed by atoms with van der Waals surface area (Å²) in [5.74, 6) is 1.44. The molecule has 8 heteroatoms. The van der Waals surface area contributed by atoms with Gasteiger partial charge in [0.05, 0.1) is 17.4 Å². The Balaban J connectivity index is 1.46. The topological polar surface area (TPSA) is 104 Å². The van der Waals surface area contributed by atoms with Gasteiger partial charge in [-0.15, -0.1) is 0 Å². The van der Waals surface area contributed by atoms with E-state index in [0.717, 1.165) is 50.8 Å². The van der Waals surface area contributed by atoms with Gasteiger partial charge in [-0.05, 0) is 30.3 Å². The second-order valence-corrected chi connectivity index (χ2v) is 7.06. The first-order valence-corrected chi connectivity index (χ1v) is 9.39. The number of nitrogens with zero attached hydrogens (tertiary/aromatic N) is 4. The molecule has 0 aliphatic carbocycles. The quantitative estimate of drug-likeness (QED) is 0.387. The second-order valence-electron chi connectivity index (χ2n) is 7.06. The van der Waals surface area contributed by atoms with Crippen LogP contribution in [0.5, 0.6) is 0 Å². The summed E-state index contributed by atoms with van der Waals surface area (Å²) >= 11 is 0. The van der Waals surface area contributed by atoms with Gasteiger partial charge in [-0.1, -0.05) is 12.1 Å². The summed E-state index contributed by atoms with van der Waals surface area (Å²) in [7, 11) is 0. The smallest absolute Gasteiger partial charge is 0.166 e. The van der Waals surface area contributed by atoms with Crippen molar-refractivity contribution in [3.63, 3.8) is 0 Å². The van der Waals surface area contributed by atoms with Crippen LogP contribution in [0.25, 0.3) is 38.8 Å². The van der Waals surface area contributed by atoms with E-state index in [1.807, 2.05) is 59.1 Å². The van der Waals surface area contributed by atoms with E-state index in [4.69, 9.17) is 4.98 Å².